The summed E-state index contributed by atoms with van der Waals surface area (Å²) in [5.74, 6) is -1.11. The van der Waals surface area contributed by atoms with E-state index in [0.29, 0.717) is 0 Å². The van der Waals surface area contributed by atoms with Crippen molar-refractivity contribution in [3.63, 3.8) is 0 Å². The van der Waals surface area contributed by atoms with Crippen molar-refractivity contribution in [1.29, 1.82) is 0 Å². The Morgan fingerprint density at radius 1 is 0.590 bits per heavy atom. The zero-order valence-corrected chi connectivity index (χ0v) is 20.2. The molecule has 0 bridgehead atoms. The average molecular weight is 578 g/mol. The molecule has 1 unspecified atom stereocenters. The van der Waals surface area contributed by atoms with Crippen LogP contribution in [0.2, 0.25) is 0 Å². The van der Waals surface area contributed by atoms with Gasteiger partial charge in [-0.15, -0.1) is 30.3 Å². The van der Waals surface area contributed by atoms with Crippen LogP contribution in [0.4, 0.5) is 9.59 Å². The van der Waals surface area contributed by atoms with E-state index in [0.717, 1.165) is 0 Å². The van der Waals surface area contributed by atoms with Gasteiger partial charge in [0.15, 0.2) is 12.8 Å². The first-order chi connectivity index (χ1) is 18.6. The molecule has 0 saturated carbocycles. The number of amides is 1. The summed E-state index contributed by atoms with van der Waals surface area (Å²) in [7, 11) is 0. The normalized spacial score (nSPS) is 10.9. The van der Waals surface area contributed by atoms with Gasteiger partial charge in [-0.1, -0.05) is 0 Å². The van der Waals surface area contributed by atoms with E-state index in [1.54, 1.807) is 0 Å². The number of carbonyl (C=O) groups is 3. The topological polar surface area (TPSA) is 285 Å². The van der Waals surface area contributed by atoms with E-state index >= 15 is 0 Å². The molecule has 0 radical (unpaired) electrons. The van der Waals surface area contributed by atoms with Crippen LogP contribution < -0.4 is 5.32 Å². The van der Waals surface area contributed by atoms with Crippen molar-refractivity contribution in [2.45, 2.75) is 6.04 Å². The third-order valence-electron chi connectivity index (χ3n) is 3.42. The lowest BCUT2D eigenvalue weighted by molar-refractivity contribution is -0.767. The monoisotopic (exact) mass is 578 g/mol. The molecule has 0 aromatic heterocycles. The van der Waals surface area contributed by atoms with Crippen LogP contribution in [-0.2, 0) is 52.5 Å². The van der Waals surface area contributed by atoms with Crippen molar-refractivity contribution < 1.29 is 77.3 Å². The summed E-state index contributed by atoms with van der Waals surface area (Å²) in [6.07, 6.45) is -2.42. The highest BCUT2D eigenvalue weighted by Crippen LogP contribution is 1.97. The molecule has 0 aliphatic carbocycles. The first-order valence-corrected chi connectivity index (χ1v) is 10.6. The van der Waals surface area contributed by atoms with Crippen molar-refractivity contribution in [1.82, 2.24) is 5.32 Å². The Morgan fingerprint density at radius 3 is 1.64 bits per heavy atom. The van der Waals surface area contributed by atoms with Gasteiger partial charge >= 0.3 is 18.2 Å². The maximum Gasteiger partial charge on any atom is 0.508 e. The number of rotatable bonds is 24. The van der Waals surface area contributed by atoms with Gasteiger partial charge < -0.3 is 48.2 Å². The molecule has 0 saturated heterocycles. The van der Waals surface area contributed by atoms with Crippen LogP contribution in [0.25, 0.3) is 0 Å². The molecule has 0 spiro atoms. The van der Waals surface area contributed by atoms with Crippen molar-refractivity contribution in [2.75, 3.05) is 79.5 Å². The highest BCUT2D eigenvalue weighted by molar-refractivity contribution is 5.81. The predicted molar refractivity (Wildman–Crippen MR) is 113 cm³/mol. The minimum atomic E-state index is -1.59. The lowest BCUT2D eigenvalue weighted by Gasteiger charge is -2.17. The molecular formula is C16H26N4O19. The molecule has 1 amide bonds. The molecule has 0 rings (SSSR count). The summed E-state index contributed by atoms with van der Waals surface area (Å²) in [6, 6.07) is -1.59. The Bertz CT molecular complexity index is 768. The van der Waals surface area contributed by atoms with Crippen LogP contribution in [0, 0.1) is 30.3 Å². The van der Waals surface area contributed by atoms with Crippen LogP contribution in [0.15, 0.2) is 0 Å². The van der Waals surface area contributed by atoms with Gasteiger partial charge in [-0.2, -0.15) is 0 Å². The fourth-order valence-electron chi connectivity index (χ4n) is 1.91. The Labute approximate surface area is 217 Å². The fraction of sp³-hybridized carbons (Fsp3) is 0.812. The van der Waals surface area contributed by atoms with Gasteiger partial charge in [-0.05, 0) is 0 Å². The van der Waals surface area contributed by atoms with E-state index in [-0.39, 0.29) is 59.5 Å². The Balaban J connectivity index is 4.46. The van der Waals surface area contributed by atoms with Crippen LogP contribution in [0.1, 0.15) is 0 Å². The number of esters is 1. The van der Waals surface area contributed by atoms with Gasteiger partial charge in [0.05, 0.1) is 33.0 Å². The van der Waals surface area contributed by atoms with Gasteiger partial charge in [-0.25, -0.2) is 14.4 Å². The number of hydrogen-bond acceptors (Lipinski definition) is 19. The smallest absolute Gasteiger partial charge is 0.462 e. The van der Waals surface area contributed by atoms with E-state index < -0.39 is 59.5 Å². The Morgan fingerprint density at radius 2 is 1.08 bits per heavy atom. The Kier molecular flexibility index (Phi) is 20.0. The fourth-order valence-corrected chi connectivity index (χ4v) is 1.91. The molecule has 0 fully saturated rings. The number of carbonyl (C=O) groups excluding carboxylic acids is 3. The van der Waals surface area contributed by atoms with Crippen molar-refractivity contribution in [3.05, 3.63) is 30.3 Å². The molecule has 0 aliphatic rings. The number of nitrogens with one attached hydrogen (secondary N) is 1. The molecule has 224 valence electrons. The van der Waals surface area contributed by atoms with E-state index in [1.807, 2.05) is 0 Å². The molecule has 1 N–H and O–H groups in total. The predicted octanol–water partition coefficient (Wildman–Crippen LogP) is -1.59. The van der Waals surface area contributed by atoms with E-state index in [2.05, 4.69) is 29.3 Å². The summed E-state index contributed by atoms with van der Waals surface area (Å²) >= 11 is 0. The van der Waals surface area contributed by atoms with Crippen molar-refractivity contribution in [2.24, 2.45) is 0 Å². The SMILES string of the molecule is O=C(NC(COC(=O)OCCOCCO[N+](=O)[O-])C(=O)OCCOCO[N+](=O)[O-])OCCOCCO[N+](=O)[O-]. The zero-order chi connectivity index (χ0) is 29.3. The van der Waals surface area contributed by atoms with E-state index in [4.69, 9.17) is 23.7 Å². The minimum absolute atomic E-state index is 0.154. The second-order valence-corrected chi connectivity index (χ2v) is 6.13. The van der Waals surface area contributed by atoms with Gasteiger partial charge in [0.25, 0.3) is 15.3 Å². The summed E-state index contributed by atoms with van der Waals surface area (Å²) in [4.78, 5) is 77.8. The number of nitrogens with zero attached hydrogens (tertiary/aromatic N) is 3. The molecular weight excluding hydrogens is 552 g/mol. The molecule has 0 aliphatic heterocycles. The zero-order valence-electron chi connectivity index (χ0n) is 20.2. The molecule has 0 aromatic carbocycles. The first-order valence-electron chi connectivity index (χ1n) is 10.6. The third kappa shape index (κ3) is 23.6. The maximum atomic E-state index is 12.3. The third-order valence-corrected chi connectivity index (χ3v) is 3.42. The summed E-state index contributed by atoms with van der Waals surface area (Å²) in [5, 5.41) is 28.9. The van der Waals surface area contributed by atoms with Crippen LogP contribution >= 0.6 is 0 Å². The van der Waals surface area contributed by atoms with Gasteiger partial charge in [0.1, 0.15) is 39.6 Å². The van der Waals surface area contributed by atoms with Crippen molar-refractivity contribution >= 4 is 18.2 Å². The van der Waals surface area contributed by atoms with Crippen LogP contribution in [0.5, 0.6) is 0 Å². The molecule has 0 heterocycles. The highest BCUT2D eigenvalue weighted by atomic mass is 17.0. The second kappa shape index (κ2) is 22.7. The van der Waals surface area contributed by atoms with Crippen LogP contribution in [-0.4, -0.2) is 119 Å². The van der Waals surface area contributed by atoms with E-state index in [9.17, 15) is 44.7 Å². The number of ether oxygens (including phenoxy) is 7. The summed E-state index contributed by atoms with van der Waals surface area (Å²) in [5.41, 5.74) is 0. The largest absolute Gasteiger partial charge is 0.508 e. The second-order valence-electron chi connectivity index (χ2n) is 6.13. The maximum absolute atomic E-state index is 12.3. The van der Waals surface area contributed by atoms with Crippen molar-refractivity contribution in [3.8, 4) is 0 Å². The molecule has 23 heteroatoms. The number of alkyl carbamates (subject to hydrolysis) is 1. The lowest BCUT2D eigenvalue weighted by Crippen LogP contribution is -2.46. The summed E-state index contributed by atoms with van der Waals surface area (Å²) in [6.45, 7) is -4.21. The number of hydrogen-bond donors (Lipinski definition) is 1. The minimum Gasteiger partial charge on any atom is -0.462 e. The molecule has 0 aromatic rings. The first kappa shape index (κ1) is 34.5. The molecule has 1 atom stereocenters. The van der Waals surface area contributed by atoms with Gasteiger partial charge in [-0.3, -0.25) is 4.84 Å². The standard InChI is InChI=1S/C16H26N4O19/c21-14(33-6-3-32-12-39-20(28)29)13(17-15(22)34-7-1-30-4-9-37-18(24)25)11-36-16(23)35-8-2-31-5-10-38-19(26)27/h13H,1-12H2,(H,17,22). The van der Waals surface area contributed by atoms with Gasteiger partial charge in [0.2, 0.25) is 0 Å². The summed E-state index contributed by atoms with van der Waals surface area (Å²) < 4.78 is 33.5. The molecule has 39 heavy (non-hydrogen) atoms. The quantitative estimate of drug-likeness (QED) is 0.0337. The lowest BCUT2D eigenvalue weighted by atomic mass is 10.3. The average Bonchev–Trinajstić information content (AvgIpc) is 2.86. The molecule has 23 nitrogen and oxygen atoms in total. The Hall–Kier alpha value is -4.51. The highest BCUT2D eigenvalue weighted by Gasteiger charge is 2.25. The van der Waals surface area contributed by atoms with Gasteiger partial charge in [0, 0.05) is 0 Å². The van der Waals surface area contributed by atoms with Crippen LogP contribution in [0.3, 0.4) is 0 Å². The van der Waals surface area contributed by atoms with E-state index in [1.165, 1.54) is 0 Å².